The van der Waals surface area contributed by atoms with Gasteiger partial charge in [-0.25, -0.2) is 0 Å². The maximum atomic E-state index is 11.6. The number of nitro groups is 1. The van der Waals surface area contributed by atoms with E-state index < -0.39 is 4.92 Å². The molecular formula is C14H22N4O3. The van der Waals surface area contributed by atoms with Gasteiger partial charge in [-0.05, 0) is 19.5 Å². The van der Waals surface area contributed by atoms with Gasteiger partial charge in [-0.3, -0.25) is 14.9 Å². The van der Waals surface area contributed by atoms with Crippen molar-refractivity contribution in [3.8, 4) is 0 Å². The summed E-state index contributed by atoms with van der Waals surface area (Å²) in [7, 11) is 0. The minimum Gasteiger partial charge on any atom is -0.379 e. The predicted molar refractivity (Wildman–Crippen MR) is 82.4 cm³/mol. The van der Waals surface area contributed by atoms with Gasteiger partial charge in [0.2, 0.25) is 5.91 Å². The first-order valence-corrected chi connectivity index (χ1v) is 7.02. The van der Waals surface area contributed by atoms with E-state index in [1.54, 1.807) is 18.2 Å². The lowest BCUT2D eigenvalue weighted by atomic mass is 10.2. The molecule has 0 spiro atoms. The third-order valence-corrected chi connectivity index (χ3v) is 2.93. The molecule has 7 heteroatoms. The van der Waals surface area contributed by atoms with E-state index >= 15 is 0 Å². The number of benzene rings is 1. The van der Waals surface area contributed by atoms with E-state index in [0.29, 0.717) is 18.8 Å². The highest BCUT2D eigenvalue weighted by atomic mass is 16.6. The van der Waals surface area contributed by atoms with Crippen LogP contribution in [0.25, 0.3) is 0 Å². The van der Waals surface area contributed by atoms with Gasteiger partial charge in [0, 0.05) is 31.6 Å². The summed E-state index contributed by atoms with van der Waals surface area (Å²) in [6.07, 6.45) is 0.269. The Kier molecular flexibility index (Phi) is 7.17. The smallest absolute Gasteiger partial charge is 0.292 e. The Morgan fingerprint density at radius 1 is 1.38 bits per heavy atom. The zero-order chi connectivity index (χ0) is 15.7. The van der Waals surface area contributed by atoms with E-state index in [1.165, 1.54) is 6.07 Å². The minimum absolute atomic E-state index is 0.0127. The van der Waals surface area contributed by atoms with Gasteiger partial charge in [0.05, 0.1) is 4.92 Å². The van der Waals surface area contributed by atoms with E-state index in [-0.39, 0.29) is 24.1 Å². The Morgan fingerprint density at radius 2 is 2.10 bits per heavy atom. The molecule has 0 fully saturated rings. The first kappa shape index (κ1) is 16.9. The fraction of sp³-hybridized carbons (Fsp3) is 0.500. The van der Waals surface area contributed by atoms with Crippen LogP contribution in [0.3, 0.4) is 0 Å². The first-order chi connectivity index (χ1) is 10.0. The molecule has 3 N–H and O–H groups in total. The number of hydrogen-bond donors (Lipinski definition) is 3. The lowest BCUT2D eigenvalue weighted by Crippen LogP contribution is -2.39. The molecule has 116 valence electrons. The highest BCUT2D eigenvalue weighted by Crippen LogP contribution is 2.22. The number of amides is 1. The van der Waals surface area contributed by atoms with Crippen molar-refractivity contribution in [1.29, 1.82) is 0 Å². The van der Waals surface area contributed by atoms with Gasteiger partial charge in [-0.1, -0.05) is 19.1 Å². The van der Waals surface area contributed by atoms with Crippen LogP contribution in [-0.4, -0.2) is 36.5 Å². The molecule has 21 heavy (non-hydrogen) atoms. The van der Waals surface area contributed by atoms with Gasteiger partial charge in [0.15, 0.2) is 0 Å². The Hall–Kier alpha value is -2.15. The Labute approximate surface area is 124 Å². The average molecular weight is 294 g/mol. The summed E-state index contributed by atoms with van der Waals surface area (Å²) >= 11 is 0. The number of nitro benzene ring substituents is 1. The van der Waals surface area contributed by atoms with Crippen LogP contribution >= 0.6 is 0 Å². The SMILES string of the molecule is CCN[C@H](C)CNC(=O)CCNc1ccccc1[N+](=O)[O-]. The summed E-state index contributed by atoms with van der Waals surface area (Å²) in [5.41, 5.74) is 0.440. The number of carbonyl (C=O) groups excluding carboxylic acids is 1. The predicted octanol–water partition coefficient (Wildman–Crippen LogP) is 1.51. The van der Waals surface area contributed by atoms with Crippen molar-refractivity contribution in [2.75, 3.05) is 25.0 Å². The second-order valence-corrected chi connectivity index (χ2v) is 4.71. The Morgan fingerprint density at radius 3 is 2.76 bits per heavy atom. The molecule has 0 saturated heterocycles. The molecule has 1 atom stereocenters. The van der Waals surface area contributed by atoms with Gasteiger partial charge in [0.1, 0.15) is 5.69 Å². The molecular weight excluding hydrogens is 272 g/mol. The van der Waals surface area contributed by atoms with E-state index in [9.17, 15) is 14.9 Å². The van der Waals surface area contributed by atoms with Crippen LogP contribution in [0.2, 0.25) is 0 Å². The van der Waals surface area contributed by atoms with Crippen LogP contribution in [0.15, 0.2) is 24.3 Å². The van der Waals surface area contributed by atoms with Crippen LogP contribution in [0.4, 0.5) is 11.4 Å². The van der Waals surface area contributed by atoms with Crippen molar-refractivity contribution in [2.24, 2.45) is 0 Å². The van der Waals surface area contributed by atoms with Crippen molar-refractivity contribution in [3.63, 3.8) is 0 Å². The largest absolute Gasteiger partial charge is 0.379 e. The van der Waals surface area contributed by atoms with E-state index in [1.807, 2.05) is 13.8 Å². The van der Waals surface area contributed by atoms with Gasteiger partial charge in [0.25, 0.3) is 5.69 Å². The van der Waals surface area contributed by atoms with Crippen molar-refractivity contribution in [1.82, 2.24) is 10.6 Å². The molecule has 1 aromatic carbocycles. The topological polar surface area (TPSA) is 96.3 Å². The summed E-state index contributed by atoms with van der Waals surface area (Å²) in [5.74, 6) is -0.0779. The van der Waals surface area contributed by atoms with Crippen molar-refractivity contribution >= 4 is 17.3 Å². The lowest BCUT2D eigenvalue weighted by Gasteiger charge is -2.13. The third-order valence-electron chi connectivity index (χ3n) is 2.93. The summed E-state index contributed by atoms with van der Waals surface area (Å²) in [5, 5.41) is 19.8. The summed E-state index contributed by atoms with van der Waals surface area (Å²) < 4.78 is 0. The number of carbonyl (C=O) groups is 1. The van der Waals surface area contributed by atoms with Crippen molar-refractivity contribution in [3.05, 3.63) is 34.4 Å². The molecule has 0 radical (unpaired) electrons. The zero-order valence-corrected chi connectivity index (χ0v) is 12.4. The van der Waals surface area contributed by atoms with Crippen LogP contribution in [0.1, 0.15) is 20.3 Å². The molecule has 0 unspecified atom stereocenters. The second kappa shape index (κ2) is 8.91. The number of likely N-dealkylation sites (N-methyl/N-ethyl adjacent to an activating group) is 1. The van der Waals surface area contributed by atoms with Crippen molar-refractivity contribution in [2.45, 2.75) is 26.3 Å². The summed E-state index contributed by atoms with van der Waals surface area (Å²) in [4.78, 5) is 22.0. The van der Waals surface area contributed by atoms with Crippen LogP contribution in [0, 0.1) is 10.1 Å². The molecule has 0 heterocycles. The van der Waals surface area contributed by atoms with Gasteiger partial charge in [-0.2, -0.15) is 0 Å². The highest BCUT2D eigenvalue weighted by molar-refractivity contribution is 5.76. The average Bonchev–Trinajstić information content (AvgIpc) is 2.46. The summed E-state index contributed by atoms with van der Waals surface area (Å²) in [6.45, 7) is 5.78. The standard InChI is InChI=1S/C14H22N4O3/c1-3-15-11(2)10-17-14(19)8-9-16-12-6-4-5-7-13(12)18(20)21/h4-7,11,15-16H,3,8-10H2,1-2H3,(H,17,19)/t11-/m1/s1. The van der Waals surface area contributed by atoms with Gasteiger partial charge in [-0.15, -0.1) is 0 Å². The van der Waals surface area contributed by atoms with E-state index in [4.69, 9.17) is 0 Å². The summed E-state index contributed by atoms with van der Waals surface area (Å²) in [6, 6.07) is 6.61. The van der Waals surface area contributed by atoms with Crippen molar-refractivity contribution < 1.29 is 9.72 Å². The number of nitrogens with one attached hydrogen (secondary N) is 3. The molecule has 1 amide bonds. The Bertz CT molecular complexity index is 479. The maximum Gasteiger partial charge on any atom is 0.292 e. The normalized spacial score (nSPS) is 11.7. The van der Waals surface area contributed by atoms with Crippen LogP contribution in [0.5, 0.6) is 0 Å². The molecule has 0 aromatic heterocycles. The highest BCUT2D eigenvalue weighted by Gasteiger charge is 2.12. The number of nitrogens with zero attached hydrogens (tertiary/aromatic N) is 1. The van der Waals surface area contributed by atoms with E-state index in [0.717, 1.165) is 6.54 Å². The first-order valence-electron chi connectivity index (χ1n) is 7.02. The second-order valence-electron chi connectivity index (χ2n) is 4.71. The zero-order valence-electron chi connectivity index (χ0n) is 12.4. The molecule has 0 aliphatic heterocycles. The fourth-order valence-electron chi connectivity index (χ4n) is 1.87. The number of hydrogen-bond acceptors (Lipinski definition) is 5. The van der Waals surface area contributed by atoms with Crippen LogP contribution in [-0.2, 0) is 4.79 Å². The quantitative estimate of drug-likeness (QED) is 0.474. The molecule has 0 bridgehead atoms. The van der Waals surface area contributed by atoms with Gasteiger partial charge < -0.3 is 16.0 Å². The van der Waals surface area contributed by atoms with Gasteiger partial charge >= 0.3 is 0 Å². The lowest BCUT2D eigenvalue weighted by molar-refractivity contribution is -0.384. The Balaban J connectivity index is 2.33. The molecule has 0 aliphatic rings. The molecule has 0 aliphatic carbocycles. The molecule has 7 nitrogen and oxygen atoms in total. The monoisotopic (exact) mass is 294 g/mol. The number of rotatable bonds is 9. The number of para-hydroxylation sites is 2. The van der Waals surface area contributed by atoms with Crippen LogP contribution < -0.4 is 16.0 Å². The van der Waals surface area contributed by atoms with E-state index in [2.05, 4.69) is 16.0 Å². The fourth-order valence-corrected chi connectivity index (χ4v) is 1.87. The number of anilines is 1. The molecule has 1 aromatic rings. The third kappa shape index (κ3) is 6.22. The molecule has 1 rings (SSSR count). The molecule has 0 saturated carbocycles. The minimum atomic E-state index is -0.444. The maximum absolute atomic E-state index is 11.6.